The zero-order chi connectivity index (χ0) is 33.1. The highest BCUT2D eigenvalue weighted by Gasteiger charge is 2.19. The SMILES string of the molecule is C=CCC(COc1ccc(C(C)=O)cc1)COc1ccc(C(=O)Oc2ccc(N=Nc3ccc(OC)c(C(C)(C)C)c3)cc2)cc1. The van der Waals surface area contributed by atoms with Crippen molar-refractivity contribution in [2.45, 2.75) is 39.5 Å². The third-order valence-corrected chi connectivity index (χ3v) is 7.14. The highest BCUT2D eigenvalue weighted by atomic mass is 16.5. The van der Waals surface area contributed by atoms with Crippen LogP contribution >= 0.6 is 0 Å². The number of methoxy groups -OCH3 is 1. The lowest BCUT2D eigenvalue weighted by molar-refractivity contribution is 0.0734. The van der Waals surface area contributed by atoms with E-state index in [9.17, 15) is 9.59 Å². The maximum absolute atomic E-state index is 12.8. The first-order valence-corrected chi connectivity index (χ1v) is 15.1. The summed E-state index contributed by atoms with van der Waals surface area (Å²) in [6, 6.07) is 26.4. The van der Waals surface area contributed by atoms with Gasteiger partial charge in [0, 0.05) is 17.0 Å². The van der Waals surface area contributed by atoms with E-state index in [1.807, 2.05) is 24.3 Å². The Morgan fingerprint density at radius 2 is 1.28 bits per heavy atom. The number of allylic oxidation sites excluding steroid dienone is 1. The predicted octanol–water partition coefficient (Wildman–Crippen LogP) is 9.48. The van der Waals surface area contributed by atoms with Gasteiger partial charge in [0.2, 0.25) is 0 Å². The van der Waals surface area contributed by atoms with Gasteiger partial charge in [-0.2, -0.15) is 10.2 Å². The lowest BCUT2D eigenvalue weighted by Gasteiger charge is -2.22. The number of carbonyl (C=O) groups is 2. The molecule has 0 fully saturated rings. The van der Waals surface area contributed by atoms with E-state index in [0.29, 0.717) is 53.7 Å². The number of benzene rings is 4. The summed E-state index contributed by atoms with van der Waals surface area (Å²) in [6.45, 7) is 12.6. The summed E-state index contributed by atoms with van der Waals surface area (Å²) < 4.78 is 22.9. The minimum atomic E-state index is -0.484. The molecular formula is C38H40N2O6. The molecule has 238 valence electrons. The van der Waals surface area contributed by atoms with Crippen molar-refractivity contribution in [3.63, 3.8) is 0 Å². The van der Waals surface area contributed by atoms with E-state index in [1.54, 1.807) is 79.9 Å². The second-order valence-electron chi connectivity index (χ2n) is 11.8. The molecule has 0 saturated heterocycles. The predicted molar refractivity (Wildman–Crippen MR) is 179 cm³/mol. The van der Waals surface area contributed by atoms with Crippen molar-refractivity contribution >= 4 is 23.1 Å². The Labute approximate surface area is 270 Å². The highest BCUT2D eigenvalue weighted by molar-refractivity contribution is 5.94. The molecule has 4 aromatic rings. The first-order valence-electron chi connectivity index (χ1n) is 15.1. The van der Waals surface area contributed by atoms with E-state index >= 15 is 0 Å². The van der Waals surface area contributed by atoms with Crippen LogP contribution < -0.4 is 18.9 Å². The molecule has 0 bridgehead atoms. The average molecular weight is 621 g/mol. The first kappa shape index (κ1) is 33.6. The standard InChI is InChI=1S/C38H40N2O6/c1-7-8-27(24-44-32-16-9-28(10-17-32)26(2)41)25-45-33-18-11-29(12-19-33)37(42)46-34-20-13-30(14-21-34)39-40-31-15-22-36(43-6)35(23-31)38(3,4)5/h7,9-23,27H,1,8,24-25H2,2-6H3. The van der Waals surface area contributed by atoms with Gasteiger partial charge in [0.05, 0.1) is 37.3 Å². The number of rotatable bonds is 14. The minimum Gasteiger partial charge on any atom is -0.496 e. The van der Waals surface area contributed by atoms with Crippen molar-refractivity contribution in [3.05, 3.63) is 120 Å². The van der Waals surface area contributed by atoms with E-state index in [1.165, 1.54) is 6.92 Å². The Bertz CT molecular complexity index is 1650. The summed E-state index contributed by atoms with van der Waals surface area (Å²) in [5.74, 6) is 2.11. The van der Waals surface area contributed by atoms with E-state index in [0.717, 1.165) is 17.0 Å². The Hall–Kier alpha value is -5.24. The van der Waals surface area contributed by atoms with Crippen LogP contribution in [0.3, 0.4) is 0 Å². The van der Waals surface area contributed by atoms with Gasteiger partial charge in [0.15, 0.2) is 5.78 Å². The number of hydrogen-bond donors (Lipinski definition) is 0. The smallest absolute Gasteiger partial charge is 0.343 e. The van der Waals surface area contributed by atoms with Gasteiger partial charge in [0.25, 0.3) is 0 Å². The summed E-state index contributed by atoms with van der Waals surface area (Å²) in [5, 5.41) is 8.69. The van der Waals surface area contributed by atoms with Crippen LogP contribution in [-0.4, -0.2) is 32.1 Å². The van der Waals surface area contributed by atoms with Crippen LogP contribution in [0.1, 0.15) is 60.4 Å². The van der Waals surface area contributed by atoms with Crippen LogP contribution in [0.15, 0.2) is 114 Å². The average Bonchev–Trinajstić information content (AvgIpc) is 3.05. The number of nitrogens with zero attached hydrogens (tertiary/aromatic N) is 2. The van der Waals surface area contributed by atoms with E-state index in [-0.39, 0.29) is 17.1 Å². The van der Waals surface area contributed by atoms with Crippen LogP contribution in [0.2, 0.25) is 0 Å². The zero-order valence-corrected chi connectivity index (χ0v) is 27.0. The summed E-state index contributed by atoms with van der Waals surface area (Å²) in [7, 11) is 1.66. The Balaban J connectivity index is 1.28. The molecule has 0 spiro atoms. The van der Waals surface area contributed by atoms with Crippen molar-refractivity contribution in [2.75, 3.05) is 20.3 Å². The fraction of sp³-hybridized carbons (Fsp3) is 0.263. The minimum absolute atomic E-state index is 0.0117. The van der Waals surface area contributed by atoms with Gasteiger partial charge >= 0.3 is 5.97 Å². The topological polar surface area (TPSA) is 95.8 Å². The fourth-order valence-corrected chi connectivity index (χ4v) is 4.53. The third-order valence-electron chi connectivity index (χ3n) is 7.14. The Morgan fingerprint density at radius 3 is 1.80 bits per heavy atom. The molecule has 0 radical (unpaired) electrons. The molecule has 0 heterocycles. The van der Waals surface area contributed by atoms with Gasteiger partial charge in [-0.15, -0.1) is 6.58 Å². The maximum Gasteiger partial charge on any atom is 0.343 e. The number of hydrogen-bond acceptors (Lipinski definition) is 8. The lowest BCUT2D eigenvalue weighted by atomic mass is 9.86. The quantitative estimate of drug-likeness (QED) is 0.0458. The van der Waals surface area contributed by atoms with Gasteiger partial charge < -0.3 is 18.9 Å². The fourth-order valence-electron chi connectivity index (χ4n) is 4.53. The summed E-state index contributed by atoms with van der Waals surface area (Å²) in [4.78, 5) is 24.2. The lowest BCUT2D eigenvalue weighted by Crippen LogP contribution is -2.19. The number of esters is 1. The molecule has 1 unspecified atom stereocenters. The van der Waals surface area contributed by atoms with Crippen LogP contribution in [0.4, 0.5) is 11.4 Å². The second-order valence-corrected chi connectivity index (χ2v) is 11.8. The molecule has 4 rings (SSSR count). The maximum atomic E-state index is 12.8. The van der Waals surface area contributed by atoms with Crippen molar-refractivity contribution in [1.82, 2.24) is 0 Å². The van der Waals surface area contributed by atoms with E-state index < -0.39 is 5.97 Å². The molecule has 8 heteroatoms. The molecule has 0 N–H and O–H groups in total. The van der Waals surface area contributed by atoms with Crippen molar-refractivity contribution in [2.24, 2.45) is 16.1 Å². The summed E-state index contributed by atoms with van der Waals surface area (Å²) >= 11 is 0. The molecule has 0 aliphatic heterocycles. The van der Waals surface area contributed by atoms with Gasteiger partial charge in [-0.05, 0) is 110 Å². The third kappa shape index (κ3) is 9.63. The number of Topliss-reactive ketones (excluding diaryl/α,β-unsaturated/α-hetero) is 1. The van der Waals surface area contributed by atoms with Crippen molar-refractivity contribution in [1.29, 1.82) is 0 Å². The van der Waals surface area contributed by atoms with Crippen LogP contribution in [0, 0.1) is 5.92 Å². The molecule has 4 aromatic carbocycles. The van der Waals surface area contributed by atoms with Crippen LogP contribution in [-0.2, 0) is 5.41 Å². The summed E-state index contributed by atoms with van der Waals surface area (Å²) in [6.07, 6.45) is 2.53. The zero-order valence-electron chi connectivity index (χ0n) is 27.0. The Morgan fingerprint density at radius 1 is 0.761 bits per heavy atom. The van der Waals surface area contributed by atoms with Gasteiger partial charge in [-0.25, -0.2) is 4.79 Å². The normalized spacial score (nSPS) is 11.9. The molecule has 46 heavy (non-hydrogen) atoms. The molecule has 0 aromatic heterocycles. The molecule has 0 aliphatic carbocycles. The second kappa shape index (κ2) is 15.7. The number of carbonyl (C=O) groups excluding carboxylic acids is 2. The van der Waals surface area contributed by atoms with Crippen molar-refractivity contribution in [3.8, 4) is 23.0 Å². The number of azo groups is 1. The highest BCUT2D eigenvalue weighted by Crippen LogP contribution is 2.35. The van der Waals surface area contributed by atoms with E-state index in [2.05, 4.69) is 37.6 Å². The van der Waals surface area contributed by atoms with Crippen LogP contribution in [0.25, 0.3) is 0 Å². The van der Waals surface area contributed by atoms with Gasteiger partial charge in [-0.1, -0.05) is 26.8 Å². The molecule has 8 nitrogen and oxygen atoms in total. The van der Waals surface area contributed by atoms with Crippen LogP contribution in [0.5, 0.6) is 23.0 Å². The molecule has 0 amide bonds. The van der Waals surface area contributed by atoms with E-state index in [4.69, 9.17) is 18.9 Å². The summed E-state index contributed by atoms with van der Waals surface area (Å²) in [5.41, 5.74) is 3.32. The number of ketones is 1. The molecular weight excluding hydrogens is 580 g/mol. The largest absolute Gasteiger partial charge is 0.496 e. The van der Waals surface area contributed by atoms with Crippen molar-refractivity contribution < 1.29 is 28.5 Å². The monoisotopic (exact) mass is 620 g/mol. The molecule has 0 saturated carbocycles. The molecule has 0 aliphatic rings. The van der Waals surface area contributed by atoms with Gasteiger partial charge in [-0.3, -0.25) is 4.79 Å². The number of ether oxygens (including phenoxy) is 4. The first-order chi connectivity index (χ1) is 22.0. The molecule has 1 atom stereocenters. The Kier molecular flexibility index (Phi) is 11.5. The van der Waals surface area contributed by atoms with Gasteiger partial charge in [0.1, 0.15) is 23.0 Å².